The summed E-state index contributed by atoms with van der Waals surface area (Å²) in [4.78, 5) is 14.4. The molecule has 1 aliphatic heterocycles. The van der Waals surface area contributed by atoms with Crippen LogP contribution >= 0.6 is 0 Å². The topological polar surface area (TPSA) is 52.6 Å². The molecule has 0 saturated heterocycles. The number of aliphatic hydroxyl groups is 1. The van der Waals surface area contributed by atoms with Crippen molar-refractivity contribution >= 4 is 5.91 Å². The molecule has 1 saturated carbocycles. The average Bonchev–Trinajstić information content (AvgIpc) is 2.60. The highest BCUT2D eigenvalue weighted by molar-refractivity contribution is 5.78. The Bertz CT molecular complexity index is 526. The molecule has 1 amide bonds. The first-order chi connectivity index (χ1) is 11.2. The quantitative estimate of drug-likeness (QED) is 0.875. The van der Waals surface area contributed by atoms with Gasteiger partial charge in [-0.25, -0.2) is 0 Å². The minimum Gasteiger partial charge on any atom is -0.390 e. The van der Waals surface area contributed by atoms with Gasteiger partial charge >= 0.3 is 0 Å². The van der Waals surface area contributed by atoms with Crippen LogP contribution < -0.4 is 5.32 Å². The summed E-state index contributed by atoms with van der Waals surface area (Å²) in [6.07, 6.45) is 6.13. The second kappa shape index (κ2) is 7.93. The summed E-state index contributed by atoms with van der Waals surface area (Å²) in [5.74, 6) is 0.297. The number of amides is 1. The van der Waals surface area contributed by atoms with E-state index >= 15 is 0 Å². The molecule has 4 nitrogen and oxygen atoms in total. The predicted octanol–water partition coefficient (Wildman–Crippen LogP) is 2.10. The first-order valence-corrected chi connectivity index (χ1v) is 8.97. The van der Waals surface area contributed by atoms with Gasteiger partial charge in [0.2, 0.25) is 5.91 Å². The second-order valence-corrected chi connectivity index (χ2v) is 6.99. The van der Waals surface area contributed by atoms with Gasteiger partial charge in [0.05, 0.1) is 6.10 Å². The molecule has 23 heavy (non-hydrogen) atoms. The van der Waals surface area contributed by atoms with E-state index in [0.29, 0.717) is 13.1 Å². The molecular formula is C19H28N2O2. The Kier molecular flexibility index (Phi) is 5.68. The zero-order valence-electron chi connectivity index (χ0n) is 13.8. The van der Waals surface area contributed by atoms with Crippen molar-refractivity contribution < 1.29 is 9.90 Å². The summed E-state index contributed by atoms with van der Waals surface area (Å²) >= 11 is 0. The molecule has 1 fully saturated rings. The molecule has 0 radical (unpaired) electrons. The number of nitrogens with zero attached hydrogens (tertiary/aromatic N) is 1. The molecule has 1 atom stereocenters. The Morgan fingerprint density at radius 1 is 1.22 bits per heavy atom. The van der Waals surface area contributed by atoms with Crippen LogP contribution in [0.4, 0.5) is 0 Å². The zero-order chi connectivity index (χ0) is 16.1. The molecule has 1 unspecified atom stereocenters. The lowest BCUT2D eigenvalue weighted by molar-refractivity contribution is -0.126. The van der Waals surface area contributed by atoms with E-state index in [1.807, 2.05) is 0 Å². The van der Waals surface area contributed by atoms with Gasteiger partial charge in [-0.05, 0) is 30.4 Å². The van der Waals surface area contributed by atoms with Crippen LogP contribution in [-0.2, 0) is 17.8 Å². The van der Waals surface area contributed by atoms with Crippen molar-refractivity contribution in [3.63, 3.8) is 0 Å². The molecule has 0 spiro atoms. The first kappa shape index (κ1) is 16.5. The summed E-state index contributed by atoms with van der Waals surface area (Å²) in [6.45, 7) is 2.86. The van der Waals surface area contributed by atoms with Crippen LogP contribution in [0.15, 0.2) is 24.3 Å². The standard InChI is InChI=1S/C19H28N2O2/c22-18(12-20-19(23)16-7-2-1-3-8-16)14-21-11-10-15-6-4-5-9-17(15)13-21/h4-6,9,16,18,22H,1-3,7-8,10-14H2,(H,20,23). The number of fused-ring (bicyclic) bond motifs is 1. The molecule has 0 aromatic heterocycles. The van der Waals surface area contributed by atoms with E-state index in [0.717, 1.165) is 45.2 Å². The number of rotatable bonds is 5. The fraction of sp³-hybridized carbons (Fsp3) is 0.632. The molecule has 3 rings (SSSR count). The monoisotopic (exact) mass is 316 g/mol. The molecule has 0 bridgehead atoms. The van der Waals surface area contributed by atoms with Gasteiger partial charge in [0, 0.05) is 32.1 Å². The maximum atomic E-state index is 12.1. The molecular weight excluding hydrogens is 288 g/mol. The molecule has 1 heterocycles. The van der Waals surface area contributed by atoms with Gasteiger partial charge in [-0.1, -0.05) is 43.5 Å². The summed E-state index contributed by atoms with van der Waals surface area (Å²) in [7, 11) is 0. The van der Waals surface area contributed by atoms with Gasteiger partial charge in [-0.15, -0.1) is 0 Å². The predicted molar refractivity (Wildman–Crippen MR) is 91.0 cm³/mol. The van der Waals surface area contributed by atoms with Gasteiger partial charge in [0.1, 0.15) is 0 Å². The summed E-state index contributed by atoms with van der Waals surface area (Å²) in [5, 5.41) is 13.2. The fourth-order valence-corrected chi connectivity index (χ4v) is 3.80. The van der Waals surface area contributed by atoms with Gasteiger partial charge in [0.15, 0.2) is 0 Å². The van der Waals surface area contributed by atoms with Crippen molar-refractivity contribution in [2.24, 2.45) is 5.92 Å². The van der Waals surface area contributed by atoms with E-state index in [2.05, 4.69) is 34.5 Å². The van der Waals surface area contributed by atoms with Crippen molar-refractivity contribution in [1.82, 2.24) is 10.2 Å². The molecule has 1 aliphatic carbocycles. The van der Waals surface area contributed by atoms with Crippen LogP contribution in [0.3, 0.4) is 0 Å². The smallest absolute Gasteiger partial charge is 0.223 e. The van der Waals surface area contributed by atoms with Crippen LogP contribution in [0.1, 0.15) is 43.2 Å². The minimum absolute atomic E-state index is 0.132. The van der Waals surface area contributed by atoms with Crippen molar-refractivity contribution in [3.05, 3.63) is 35.4 Å². The second-order valence-electron chi connectivity index (χ2n) is 6.99. The van der Waals surface area contributed by atoms with Gasteiger partial charge in [-0.3, -0.25) is 9.69 Å². The summed E-state index contributed by atoms with van der Waals surface area (Å²) < 4.78 is 0. The lowest BCUT2D eigenvalue weighted by Gasteiger charge is -2.30. The van der Waals surface area contributed by atoms with Gasteiger partial charge in [0.25, 0.3) is 0 Å². The Morgan fingerprint density at radius 2 is 1.96 bits per heavy atom. The lowest BCUT2D eigenvalue weighted by Crippen LogP contribution is -2.43. The summed E-state index contributed by atoms with van der Waals surface area (Å²) in [6, 6.07) is 8.51. The fourth-order valence-electron chi connectivity index (χ4n) is 3.80. The number of nitrogens with one attached hydrogen (secondary N) is 1. The number of hydrogen-bond donors (Lipinski definition) is 2. The van der Waals surface area contributed by atoms with Crippen LogP contribution in [0.25, 0.3) is 0 Å². The molecule has 4 heteroatoms. The number of β-amino-alcohol motifs (C(OH)–C–C–N with tert-alkyl or cyclic N) is 1. The number of aliphatic hydroxyl groups excluding tert-OH is 1. The highest BCUT2D eigenvalue weighted by Crippen LogP contribution is 2.23. The van der Waals surface area contributed by atoms with Crippen molar-refractivity contribution in [3.8, 4) is 0 Å². The third-order valence-electron chi connectivity index (χ3n) is 5.17. The van der Waals surface area contributed by atoms with Crippen LogP contribution in [0.2, 0.25) is 0 Å². The maximum absolute atomic E-state index is 12.1. The number of carbonyl (C=O) groups is 1. The summed E-state index contributed by atoms with van der Waals surface area (Å²) in [5.41, 5.74) is 2.78. The highest BCUT2D eigenvalue weighted by atomic mass is 16.3. The van der Waals surface area contributed by atoms with Gasteiger partial charge < -0.3 is 10.4 Å². The van der Waals surface area contributed by atoms with E-state index in [1.165, 1.54) is 17.5 Å². The van der Waals surface area contributed by atoms with E-state index < -0.39 is 6.10 Å². The minimum atomic E-state index is -0.493. The molecule has 2 aliphatic rings. The van der Waals surface area contributed by atoms with E-state index in [9.17, 15) is 9.90 Å². The Hall–Kier alpha value is -1.39. The largest absolute Gasteiger partial charge is 0.390 e. The molecule has 2 N–H and O–H groups in total. The molecule has 1 aromatic rings. The molecule has 126 valence electrons. The van der Waals surface area contributed by atoms with Gasteiger partial charge in [-0.2, -0.15) is 0 Å². The average molecular weight is 316 g/mol. The van der Waals surface area contributed by atoms with Crippen molar-refractivity contribution in [2.75, 3.05) is 19.6 Å². The third kappa shape index (κ3) is 4.55. The van der Waals surface area contributed by atoms with Crippen LogP contribution in [0, 0.1) is 5.92 Å². The van der Waals surface area contributed by atoms with Crippen molar-refractivity contribution in [1.29, 1.82) is 0 Å². The highest BCUT2D eigenvalue weighted by Gasteiger charge is 2.22. The first-order valence-electron chi connectivity index (χ1n) is 8.97. The van der Waals surface area contributed by atoms with E-state index in [-0.39, 0.29) is 11.8 Å². The Labute approximate surface area is 138 Å². The lowest BCUT2D eigenvalue weighted by atomic mass is 9.88. The number of hydrogen-bond acceptors (Lipinski definition) is 3. The number of carbonyl (C=O) groups excluding carboxylic acids is 1. The van der Waals surface area contributed by atoms with Crippen LogP contribution in [-0.4, -0.2) is 41.7 Å². The van der Waals surface area contributed by atoms with Crippen molar-refractivity contribution in [2.45, 2.75) is 51.2 Å². The maximum Gasteiger partial charge on any atom is 0.223 e. The Balaban J connectivity index is 1.41. The van der Waals surface area contributed by atoms with Crippen LogP contribution in [0.5, 0.6) is 0 Å². The molecule has 1 aromatic carbocycles. The third-order valence-corrected chi connectivity index (χ3v) is 5.17. The van der Waals surface area contributed by atoms with E-state index in [1.54, 1.807) is 0 Å². The SMILES string of the molecule is O=C(NCC(O)CN1CCc2ccccc2C1)C1CCCCC1. The number of benzene rings is 1. The zero-order valence-corrected chi connectivity index (χ0v) is 13.8. The van der Waals surface area contributed by atoms with E-state index in [4.69, 9.17) is 0 Å². The normalized spacial score (nSPS) is 20.7. The Morgan fingerprint density at radius 3 is 2.74 bits per heavy atom.